The van der Waals surface area contributed by atoms with Crippen molar-refractivity contribution >= 4 is 0 Å². The first-order valence-electron chi connectivity index (χ1n) is 6.54. The van der Waals surface area contributed by atoms with Crippen molar-refractivity contribution in [1.29, 1.82) is 0 Å². The van der Waals surface area contributed by atoms with Gasteiger partial charge < -0.3 is 9.84 Å². The highest BCUT2D eigenvalue weighted by molar-refractivity contribution is 5.20. The summed E-state index contributed by atoms with van der Waals surface area (Å²) in [4.78, 5) is 0. The molecular weight excluding hydrogens is 212 g/mol. The number of para-hydroxylation sites is 1. The quantitative estimate of drug-likeness (QED) is 0.791. The SMILES string of the molecule is CC1(CCCOc2ccccc2)CCC(O)C1. The molecule has 17 heavy (non-hydrogen) atoms. The molecule has 0 amide bonds. The lowest BCUT2D eigenvalue weighted by Gasteiger charge is -2.23. The molecule has 2 atom stereocenters. The molecule has 1 aromatic carbocycles. The summed E-state index contributed by atoms with van der Waals surface area (Å²) in [5.41, 5.74) is 0.333. The van der Waals surface area contributed by atoms with Gasteiger partial charge in [0.25, 0.3) is 0 Å². The molecule has 1 aliphatic rings. The van der Waals surface area contributed by atoms with Crippen molar-refractivity contribution in [3.8, 4) is 5.75 Å². The molecule has 0 bridgehead atoms. The fourth-order valence-electron chi connectivity index (χ4n) is 2.72. The molecule has 2 rings (SSSR count). The zero-order valence-electron chi connectivity index (χ0n) is 10.6. The van der Waals surface area contributed by atoms with Gasteiger partial charge in [-0.3, -0.25) is 0 Å². The van der Waals surface area contributed by atoms with Crippen LogP contribution in [0.1, 0.15) is 39.0 Å². The molecule has 0 aliphatic heterocycles. The van der Waals surface area contributed by atoms with Gasteiger partial charge in [0.05, 0.1) is 12.7 Å². The van der Waals surface area contributed by atoms with E-state index in [4.69, 9.17) is 4.74 Å². The van der Waals surface area contributed by atoms with Gasteiger partial charge in [-0.05, 0) is 49.7 Å². The van der Waals surface area contributed by atoms with Crippen LogP contribution in [0.2, 0.25) is 0 Å². The molecule has 1 aromatic rings. The molecule has 1 N–H and O–H groups in total. The Kier molecular flexibility index (Phi) is 4.06. The fraction of sp³-hybridized carbons (Fsp3) is 0.600. The minimum Gasteiger partial charge on any atom is -0.494 e. The highest BCUT2D eigenvalue weighted by Crippen LogP contribution is 2.41. The van der Waals surface area contributed by atoms with E-state index in [9.17, 15) is 5.11 Å². The molecule has 0 radical (unpaired) electrons. The number of benzene rings is 1. The summed E-state index contributed by atoms with van der Waals surface area (Å²) >= 11 is 0. The molecule has 1 saturated carbocycles. The third-order valence-electron chi connectivity index (χ3n) is 3.75. The average molecular weight is 234 g/mol. The van der Waals surface area contributed by atoms with E-state index in [1.165, 1.54) is 0 Å². The lowest BCUT2D eigenvalue weighted by molar-refractivity contribution is 0.156. The van der Waals surface area contributed by atoms with Crippen LogP contribution in [0.5, 0.6) is 5.75 Å². The van der Waals surface area contributed by atoms with Crippen molar-refractivity contribution in [2.75, 3.05) is 6.61 Å². The second-order valence-electron chi connectivity index (χ2n) is 5.47. The summed E-state index contributed by atoms with van der Waals surface area (Å²) in [6.07, 6.45) is 5.22. The number of aliphatic hydroxyl groups is 1. The minimum atomic E-state index is -0.0740. The van der Waals surface area contributed by atoms with Crippen LogP contribution in [-0.2, 0) is 0 Å². The topological polar surface area (TPSA) is 29.5 Å². The van der Waals surface area contributed by atoms with Crippen LogP contribution >= 0.6 is 0 Å². The highest BCUT2D eigenvalue weighted by Gasteiger charge is 2.33. The smallest absolute Gasteiger partial charge is 0.119 e. The van der Waals surface area contributed by atoms with E-state index in [0.29, 0.717) is 5.41 Å². The predicted molar refractivity (Wildman–Crippen MR) is 69.1 cm³/mol. The molecule has 1 fully saturated rings. The van der Waals surface area contributed by atoms with Crippen molar-refractivity contribution in [1.82, 2.24) is 0 Å². The number of rotatable bonds is 5. The molecule has 2 heteroatoms. The van der Waals surface area contributed by atoms with Crippen molar-refractivity contribution in [3.63, 3.8) is 0 Å². The van der Waals surface area contributed by atoms with E-state index in [-0.39, 0.29) is 6.10 Å². The van der Waals surface area contributed by atoms with Gasteiger partial charge in [0, 0.05) is 0 Å². The number of aliphatic hydroxyl groups excluding tert-OH is 1. The van der Waals surface area contributed by atoms with E-state index in [1.807, 2.05) is 30.3 Å². The minimum absolute atomic E-state index is 0.0740. The molecule has 1 aliphatic carbocycles. The average Bonchev–Trinajstić information content (AvgIpc) is 2.67. The lowest BCUT2D eigenvalue weighted by Crippen LogP contribution is -2.14. The Morgan fingerprint density at radius 3 is 2.76 bits per heavy atom. The third-order valence-corrected chi connectivity index (χ3v) is 3.75. The molecule has 94 valence electrons. The Morgan fingerprint density at radius 2 is 2.12 bits per heavy atom. The van der Waals surface area contributed by atoms with Crippen LogP contribution in [0.3, 0.4) is 0 Å². The second-order valence-corrected chi connectivity index (χ2v) is 5.47. The maximum Gasteiger partial charge on any atom is 0.119 e. The number of ether oxygens (including phenoxy) is 1. The van der Waals surface area contributed by atoms with Crippen LogP contribution < -0.4 is 4.74 Å². The highest BCUT2D eigenvalue weighted by atomic mass is 16.5. The summed E-state index contributed by atoms with van der Waals surface area (Å²) < 4.78 is 5.68. The lowest BCUT2D eigenvalue weighted by atomic mass is 9.84. The Morgan fingerprint density at radius 1 is 1.35 bits per heavy atom. The van der Waals surface area contributed by atoms with Gasteiger partial charge in [-0.1, -0.05) is 25.1 Å². The Bertz CT molecular complexity index is 336. The van der Waals surface area contributed by atoms with Crippen LogP contribution in [0, 0.1) is 5.41 Å². The Balaban J connectivity index is 1.67. The fourth-order valence-corrected chi connectivity index (χ4v) is 2.72. The van der Waals surface area contributed by atoms with Gasteiger partial charge in [0.1, 0.15) is 5.75 Å². The van der Waals surface area contributed by atoms with Crippen molar-refractivity contribution < 1.29 is 9.84 Å². The number of hydrogen-bond donors (Lipinski definition) is 1. The van der Waals surface area contributed by atoms with Gasteiger partial charge >= 0.3 is 0 Å². The summed E-state index contributed by atoms with van der Waals surface area (Å²) in [5.74, 6) is 0.948. The monoisotopic (exact) mass is 234 g/mol. The molecule has 0 spiro atoms. The van der Waals surface area contributed by atoms with Gasteiger partial charge in [0.15, 0.2) is 0 Å². The molecule has 2 unspecified atom stereocenters. The zero-order chi connectivity index (χ0) is 12.1. The van der Waals surface area contributed by atoms with E-state index >= 15 is 0 Å². The van der Waals surface area contributed by atoms with E-state index in [0.717, 1.165) is 44.5 Å². The normalized spacial score (nSPS) is 28.2. The van der Waals surface area contributed by atoms with Crippen LogP contribution in [-0.4, -0.2) is 17.8 Å². The molecule has 0 heterocycles. The summed E-state index contributed by atoms with van der Waals surface area (Å²) in [5, 5.41) is 9.57. The van der Waals surface area contributed by atoms with Gasteiger partial charge in [-0.25, -0.2) is 0 Å². The van der Waals surface area contributed by atoms with E-state index in [2.05, 4.69) is 6.92 Å². The van der Waals surface area contributed by atoms with Crippen molar-refractivity contribution in [3.05, 3.63) is 30.3 Å². The van der Waals surface area contributed by atoms with E-state index in [1.54, 1.807) is 0 Å². The van der Waals surface area contributed by atoms with Crippen LogP contribution in [0.15, 0.2) is 30.3 Å². The molecular formula is C15H22O2. The predicted octanol–water partition coefficient (Wildman–Crippen LogP) is 3.40. The summed E-state index contributed by atoms with van der Waals surface area (Å²) in [6.45, 7) is 3.06. The maximum atomic E-state index is 9.57. The zero-order valence-corrected chi connectivity index (χ0v) is 10.6. The van der Waals surface area contributed by atoms with Gasteiger partial charge in [-0.15, -0.1) is 0 Å². The largest absolute Gasteiger partial charge is 0.494 e. The van der Waals surface area contributed by atoms with Gasteiger partial charge in [0.2, 0.25) is 0 Å². The molecule has 0 aromatic heterocycles. The Labute approximate surface area is 104 Å². The van der Waals surface area contributed by atoms with E-state index < -0.39 is 0 Å². The standard InChI is InChI=1S/C15H22O2/c1-15(10-8-13(16)12-15)9-5-11-17-14-6-3-2-4-7-14/h2-4,6-7,13,16H,5,8-12H2,1H3. The Hall–Kier alpha value is -1.02. The van der Waals surface area contributed by atoms with Crippen molar-refractivity contribution in [2.45, 2.75) is 45.1 Å². The molecule has 0 saturated heterocycles. The maximum absolute atomic E-state index is 9.57. The first kappa shape index (κ1) is 12.4. The second kappa shape index (κ2) is 5.54. The summed E-state index contributed by atoms with van der Waals surface area (Å²) in [7, 11) is 0. The molecule has 2 nitrogen and oxygen atoms in total. The van der Waals surface area contributed by atoms with Crippen LogP contribution in [0.25, 0.3) is 0 Å². The van der Waals surface area contributed by atoms with Crippen LogP contribution in [0.4, 0.5) is 0 Å². The number of hydrogen-bond acceptors (Lipinski definition) is 2. The third kappa shape index (κ3) is 3.74. The summed E-state index contributed by atoms with van der Waals surface area (Å²) in [6, 6.07) is 9.95. The van der Waals surface area contributed by atoms with Crippen molar-refractivity contribution in [2.24, 2.45) is 5.41 Å². The first-order valence-corrected chi connectivity index (χ1v) is 6.54. The first-order chi connectivity index (χ1) is 8.18. The van der Waals surface area contributed by atoms with Gasteiger partial charge in [-0.2, -0.15) is 0 Å².